The van der Waals surface area contributed by atoms with E-state index in [1.807, 2.05) is 27.7 Å². The van der Waals surface area contributed by atoms with Crippen LogP contribution in [0.1, 0.15) is 87.0 Å². The third-order valence-corrected chi connectivity index (χ3v) is 6.21. The number of carbonyl (C=O) groups is 2. The molecule has 2 amide bonds. The van der Waals surface area contributed by atoms with Crippen molar-refractivity contribution in [1.82, 2.24) is 14.5 Å². The Morgan fingerprint density at radius 2 is 1.20 bits per heavy atom. The van der Waals surface area contributed by atoms with Gasteiger partial charge in [0.05, 0.1) is 5.75 Å². The fourth-order valence-corrected chi connectivity index (χ4v) is 4.30. The number of nitrogens with two attached hydrogens (primary N) is 1. The summed E-state index contributed by atoms with van der Waals surface area (Å²) >= 11 is 0. The molecule has 0 aliphatic heterocycles. The molecule has 0 radical (unpaired) electrons. The number of carbonyl (C=O) groups excluding carboxylic acids is 2. The van der Waals surface area contributed by atoms with Gasteiger partial charge in [0.25, 0.3) is 0 Å². The summed E-state index contributed by atoms with van der Waals surface area (Å²) in [5.74, 6) is 0.109. The molecule has 0 saturated heterocycles. The molecule has 0 rings (SSSR count). The van der Waals surface area contributed by atoms with Crippen molar-refractivity contribution in [1.29, 1.82) is 0 Å². The number of nitrogens with zero attached hydrogens (tertiary/aromatic N) is 2. The highest BCUT2D eigenvalue weighted by Crippen LogP contribution is 2.13. The average molecular weight is 523 g/mol. The van der Waals surface area contributed by atoms with Gasteiger partial charge in [0, 0.05) is 32.7 Å². The lowest BCUT2D eigenvalue weighted by Crippen LogP contribution is -2.40. The molecule has 35 heavy (non-hydrogen) atoms. The van der Waals surface area contributed by atoms with E-state index in [4.69, 9.17) is 15.2 Å². The number of hydrogen-bond donors (Lipinski definition) is 2. The van der Waals surface area contributed by atoms with Crippen molar-refractivity contribution in [3.63, 3.8) is 0 Å². The van der Waals surface area contributed by atoms with Crippen molar-refractivity contribution in [3.05, 3.63) is 0 Å². The largest absolute Gasteiger partial charge is 0.444 e. The molecule has 0 atom stereocenters. The fraction of sp³-hybridized carbons (Fsp3) is 0.917. The normalized spacial score (nSPS) is 12.3. The van der Waals surface area contributed by atoms with Gasteiger partial charge in [-0.15, -0.1) is 0 Å². The van der Waals surface area contributed by atoms with E-state index in [1.54, 1.807) is 30.6 Å². The molecule has 208 valence electrons. The first kappa shape index (κ1) is 33.4. The highest BCUT2D eigenvalue weighted by molar-refractivity contribution is 7.89. The van der Waals surface area contributed by atoms with Crippen molar-refractivity contribution < 1.29 is 27.5 Å². The summed E-state index contributed by atoms with van der Waals surface area (Å²) in [4.78, 5) is 28.4. The molecule has 3 N–H and O–H groups in total. The van der Waals surface area contributed by atoms with E-state index in [0.29, 0.717) is 64.8 Å². The monoisotopic (exact) mass is 522 g/mol. The first-order chi connectivity index (χ1) is 16.1. The number of rotatable bonds is 16. The van der Waals surface area contributed by atoms with Crippen LogP contribution in [0.25, 0.3) is 0 Å². The van der Waals surface area contributed by atoms with Crippen LogP contribution in [0.4, 0.5) is 9.59 Å². The van der Waals surface area contributed by atoms with E-state index in [2.05, 4.69) is 4.72 Å². The van der Waals surface area contributed by atoms with Crippen LogP contribution in [0, 0.1) is 0 Å². The first-order valence-electron chi connectivity index (χ1n) is 12.7. The Balaban J connectivity index is 4.87. The predicted molar refractivity (Wildman–Crippen MR) is 140 cm³/mol. The van der Waals surface area contributed by atoms with Gasteiger partial charge in [0.15, 0.2) is 0 Å². The van der Waals surface area contributed by atoms with Crippen LogP contribution >= 0.6 is 0 Å². The molecule has 0 aromatic heterocycles. The van der Waals surface area contributed by atoms with Gasteiger partial charge in [-0.1, -0.05) is 13.3 Å². The molecular weight excluding hydrogens is 472 g/mol. The zero-order chi connectivity index (χ0) is 27.1. The van der Waals surface area contributed by atoms with Crippen molar-refractivity contribution in [2.75, 3.05) is 45.0 Å². The average Bonchev–Trinajstić information content (AvgIpc) is 2.70. The number of amides is 2. The molecule has 0 aliphatic rings. The van der Waals surface area contributed by atoms with E-state index >= 15 is 0 Å². The van der Waals surface area contributed by atoms with Gasteiger partial charge < -0.3 is 25.0 Å². The Morgan fingerprint density at radius 3 is 1.60 bits per heavy atom. The Labute approximate surface area is 213 Å². The van der Waals surface area contributed by atoms with Crippen molar-refractivity contribution in [2.45, 2.75) is 98.2 Å². The summed E-state index contributed by atoms with van der Waals surface area (Å²) in [7, 11) is -3.29. The summed E-state index contributed by atoms with van der Waals surface area (Å²) < 4.78 is 37.6. The fourth-order valence-electron chi connectivity index (χ4n) is 3.03. The highest BCUT2D eigenvalue weighted by atomic mass is 32.2. The third kappa shape index (κ3) is 18.4. The molecule has 0 bridgehead atoms. The first-order valence-corrected chi connectivity index (χ1v) is 14.4. The lowest BCUT2D eigenvalue weighted by atomic mass is 10.2. The van der Waals surface area contributed by atoms with Gasteiger partial charge in [-0.2, -0.15) is 0 Å². The molecule has 0 unspecified atom stereocenters. The molecule has 0 spiro atoms. The molecule has 0 fully saturated rings. The molecule has 0 aromatic rings. The van der Waals surface area contributed by atoms with Crippen molar-refractivity contribution in [2.24, 2.45) is 5.73 Å². The maximum Gasteiger partial charge on any atom is 0.410 e. The Bertz CT molecular complexity index is 717. The molecule has 11 heteroatoms. The minimum Gasteiger partial charge on any atom is -0.444 e. The van der Waals surface area contributed by atoms with Gasteiger partial charge in [-0.3, -0.25) is 0 Å². The maximum absolute atomic E-state index is 12.7. The predicted octanol–water partition coefficient (Wildman–Crippen LogP) is 3.70. The molecule has 0 saturated carbocycles. The van der Waals surface area contributed by atoms with Gasteiger partial charge in [-0.25, -0.2) is 22.7 Å². The van der Waals surface area contributed by atoms with Gasteiger partial charge >= 0.3 is 12.2 Å². The van der Waals surface area contributed by atoms with E-state index in [0.717, 1.165) is 6.42 Å². The van der Waals surface area contributed by atoms with Crippen LogP contribution in [0.5, 0.6) is 0 Å². The third-order valence-electron chi connectivity index (χ3n) is 4.74. The zero-order valence-corrected chi connectivity index (χ0v) is 23.8. The zero-order valence-electron chi connectivity index (χ0n) is 23.0. The van der Waals surface area contributed by atoms with Gasteiger partial charge in [0.1, 0.15) is 11.2 Å². The van der Waals surface area contributed by atoms with E-state index < -0.39 is 27.3 Å². The Hall–Kier alpha value is -1.59. The number of unbranched alkanes of at least 4 members (excludes halogenated alkanes) is 2. The number of hydrogen-bond acceptors (Lipinski definition) is 7. The van der Waals surface area contributed by atoms with Crippen molar-refractivity contribution >= 4 is 22.2 Å². The van der Waals surface area contributed by atoms with E-state index in [-0.39, 0.29) is 18.4 Å². The Kier molecular flexibility index (Phi) is 15.5. The molecule has 0 aromatic carbocycles. The highest BCUT2D eigenvalue weighted by Gasteiger charge is 2.23. The number of ether oxygens (including phenoxy) is 2. The van der Waals surface area contributed by atoms with Crippen LogP contribution in [-0.4, -0.2) is 86.6 Å². The standard InChI is InChI=1S/C24H50N4O6S/c1-8-9-20-35(31,32)26-15-13-19-28(22(30)34-24(5,6)7)17-11-10-16-27(18-12-14-25)21(29)33-23(2,3)4/h26H,8-20,25H2,1-7H3. The second kappa shape index (κ2) is 16.2. The van der Waals surface area contributed by atoms with Crippen LogP contribution in [0.3, 0.4) is 0 Å². The van der Waals surface area contributed by atoms with Crippen LogP contribution in [-0.2, 0) is 19.5 Å². The van der Waals surface area contributed by atoms with Gasteiger partial charge in [-0.05, 0) is 80.2 Å². The summed E-state index contributed by atoms with van der Waals surface area (Å²) in [6, 6.07) is 0. The second-order valence-corrected chi connectivity index (χ2v) is 12.6. The lowest BCUT2D eigenvalue weighted by molar-refractivity contribution is 0.0209. The molecule has 0 heterocycles. The van der Waals surface area contributed by atoms with E-state index in [1.165, 1.54) is 0 Å². The Morgan fingerprint density at radius 1 is 0.771 bits per heavy atom. The summed E-state index contributed by atoms with van der Waals surface area (Å²) in [6.45, 7) is 15.4. The van der Waals surface area contributed by atoms with E-state index in [9.17, 15) is 18.0 Å². The molecule has 0 aliphatic carbocycles. The summed E-state index contributed by atoms with van der Waals surface area (Å²) in [5, 5.41) is 0. The van der Waals surface area contributed by atoms with Crippen LogP contribution in [0.2, 0.25) is 0 Å². The minimum absolute atomic E-state index is 0.109. The second-order valence-electron chi connectivity index (χ2n) is 10.7. The molecular formula is C24H50N4O6S. The summed E-state index contributed by atoms with van der Waals surface area (Å²) in [6.07, 6.45) is 3.11. The number of sulfonamides is 1. The van der Waals surface area contributed by atoms with Crippen LogP contribution in [0.15, 0.2) is 0 Å². The minimum atomic E-state index is -3.29. The SMILES string of the molecule is CCCCS(=O)(=O)NCCCN(CCCCN(CCCN)C(=O)OC(C)(C)C)C(=O)OC(C)(C)C. The smallest absolute Gasteiger partial charge is 0.410 e. The maximum atomic E-state index is 12.7. The summed E-state index contributed by atoms with van der Waals surface area (Å²) in [5.41, 5.74) is 4.40. The van der Waals surface area contributed by atoms with Crippen molar-refractivity contribution in [3.8, 4) is 0 Å². The lowest BCUT2D eigenvalue weighted by Gasteiger charge is -2.29. The number of nitrogens with one attached hydrogen (secondary N) is 1. The molecule has 10 nitrogen and oxygen atoms in total. The van der Waals surface area contributed by atoms with Gasteiger partial charge in [0.2, 0.25) is 10.0 Å². The topological polar surface area (TPSA) is 131 Å². The quantitative estimate of drug-likeness (QED) is 0.295. The van der Waals surface area contributed by atoms with Crippen LogP contribution < -0.4 is 10.5 Å².